The molecule has 12 heteroatoms. The van der Waals surface area contributed by atoms with Gasteiger partial charge in [-0.3, -0.25) is 9.59 Å². The third kappa shape index (κ3) is 5.71. The molecule has 8 nitrogen and oxygen atoms in total. The number of likely N-dealkylation sites (tertiary alicyclic amines) is 1. The summed E-state index contributed by atoms with van der Waals surface area (Å²) in [4.78, 5) is 27.5. The van der Waals surface area contributed by atoms with Gasteiger partial charge in [-0.2, -0.15) is 17.5 Å². The van der Waals surface area contributed by atoms with Gasteiger partial charge in [-0.1, -0.05) is 18.2 Å². The third-order valence-corrected chi connectivity index (χ3v) is 8.15. The lowest BCUT2D eigenvalue weighted by Crippen LogP contribution is -2.45. The van der Waals surface area contributed by atoms with E-state index in [1.165, 1.54) is 45.6 Å². The summed E-state index contributed by atoms with van der Waals surface area (Å²) in [6.07, 6.45) is -3.42. The van der Waals surface area contributed by atoms with Crippen molar-refractivity contribution in [2.45, 2.75) is 36.5 Å². The summed E-state index contributed by atoms with van der Waals surface area (Å²) in [5.41, 5.74) is -0.122. The summed E-state index contributed by atoms with van der Waals surface area (Å²) in [7, 11) is -3.79. The van der Waals surface area contributed by atoms with Gasteiger partial charge in [0, 0.05) is 31.7 Å². The largest absolute Gasteiger partial charge is 0.416 e. The van der Waals surface area contributed by atoms with Crippen molar-refractivity contribution in [2.24, 2.45) is 0 Å². The first-order valence-corrected chi connectivity index (χ1v) is 12.9. The normalized spacial score (nSPS) is 19.3. The minimum absolute atomic E-state index is 0.00208. The molecule has 2 amide bonds. The highest BCUT2D eigenvalue weighted by Gasteiger charge is 2.35. The van der Waals surface area contributed by atoms with E-state index in [0.717, 1.165) is 12.1 Å². The summed E-state index contributed by atoms with van der Waals surface area (Å²) in [6, 6.07) is 9.48. The molecule has 0 aliphatic carbocycles. The van der Waals surface area contributed by atoms with Gasteiger partial charge in [0.1, 0.15) is 6.04 Å². The van der Waals surface area contributed by atoms with Gasteiger partial charge in [0.25, 0.3) is 5.91 Å². The molecule has 2 saturated heterocycles. The van der Waals surface area contributed by atoms with E-state index in [4.69, 9.17) is 4.74 Å². The third-order valence-electron chi connectivity index (χ3n) is 6.25. The molecule has 2 aliphatic heterocycles. The summed E-state index contributed by atoms with van der Waals surface area (Å²) in [6.45, 7) is 1.41. The van der Waals surface area contributed by atoms with Crippen LogP contribution in [0, 0.1) is 0 Å². The number of carbonyl (C=O) groups is 2. The molecular formula is C24H26F3N3O5S. The van der Waals surface area contributed by atoms with E-state index in [-0.39, 0.29) is 30.1 Å². The topological polar surface area (TPSA) is 96.0 Å². The SMILES string of the molecule is O=C(NCc1ccc(C(F)(F)F)cc1)[C@H]1CCCN1C(=O)c1cccc(S(=O)(=O)N2CCOCC2)c1. The number of rotatable bonds is 6. The summed E-state index contributed by atoms with van der Waals surface area (Å²) in [5.74, 6) is -0.876. The minimum atomic E-state index is -4.44. The molecule has 0 unspecified atom stereocenters. The number of halogens is 3. The van der Waals surface area contributed by atoms with E-state index in [0.29, 0.717) is 38.2 Å². The zero-order chi connectivity index (χ0) is 25.9. The summed E-state index contributed by atoms with van der Waals surface area (Å²) < 4.78 is 70.7. The molecule has 1 N–H and O–H groups in total. The molecule has 194 valence electrons. The monoisotopic (exact) mass is 525 g/mol. The van der Waals surface area contributed by atoms with Crippen LogP contribution >= 0.6 is 0 Å². The van der Waals surface area contributed by atoms with E-state index in [9.17, 15) is 31.2 Å². The van der Waals surface area contributed by atoms with Crippen LogP contribution < -0.4 is 5.32 Å². The van der Waals surface area contributed by atoms with Crippen LogP contribution in [0.3, 0.4) is 0 Å². The molecule has 0 spiro atoms. The Hall–Kier alpha value is -2.96. The maximum atomic E-state index is 13.2. The zero-order valence-electron chi connectivity index (χ0n) is 19.3. The number of amides is 2. The fraction of sp³-hybridized carbons (Fsp3) is 0.417. The number of hydrogen-bond acceptors (Lipinski definition) is 5. The number of benzene rings is 2. The smallest absolute Gasteiger partial charge is 0.379 e. The van der Waals surface area contributed by atoms with Crippen molar-refractivity contribution in [3.8, 4) is 0 Å². The first-order valence-electron chi connectivity index (χ1n) is 11.5. The molecule has 0 aromatic heterocycles. The maximum Gasteiger partial charge on any atom is 0.416 e. The molecule has 2 aliphatic rings. The molecule has 2 heterocycles. The van der Waals surface area contributed by atoms with Gasteiger partial charge in [-0.25, -0.2) is 8.42 Å². The van der Waals surface area contributed by atoms with Gasteiger partial charge < -0.3 is 15.0 Å². The standard InChI is InChI=1S/C24H26F3N3O5S/c25-24(26,27)19-8-6-17(7-9-19)16-28-22(31)21-5-2-10-30(21)23(32)18-3-1-4-20(15-18)36(33,34)29-11-13-35-14-12-29/h1,3-4,6-9,15,21H,2,5,10-14,16H2,(H,28,31)/t21-/m1/s1. The Morgan fingerprint density at radius 2 is 1.72 bits per heavy atom. The van der Waals surface area contributed by atoms with Crippen LogP contribution in [-0.4, -0.2) is 68.3 Å². The van der Waals surface area contributed by atoms with Crippen molar-refractivity contribution >= 4 is 21.8 Å². The molecule has 4 rings (SSSR count). The van der Waals surface area contributed by atoms with Crippen molar-refractivity contribution < 1.29 is 35.9 Å². The van der Waals surface area contributed by atoms with E-state index in [1.807, 2.05) is 0 Å². The molecule has 0 radical (unpaired) electrons. The number of hydrogen-bond donors (Lipinski definition) is 1. The Morgan fingerprint density at radius 1 is 1.03 bits per heavy atom. The van der Waals surface area contributed by atoms with E-state index >= 15 is 0 Å². The predicted molar refractivity (Wildman–Crippen MR) is 123 cm³/mol. The van der Waals surface area contributed by atoms with Crippen LogP contribution in [0.5, 0.6) is 0 Å². The van der Waals surface area contributed by atoms with Crippen molar-refractivity contribution in [2.75, 3.05) is 32.8 Å². The van der Waals surface area contributed by atoms with Crippen LogP contribution in [0.15, 0.2) is 53.4 Å². The molecule has 0 saturated carbocycles. The van der Waals surface area contributed by atoms with Crippen molar-refractivity contribution in [1.82, 2.24) is 14.5 Å². The highest BCUT2D eigenvalue weighted by Crippen LogP contribution is 2.29. The first kappa shape index (κ1) is 26.1. The molecule has 36 heavy (non-hydrogen) atoms. The second kappa shape index (κ2) is 10.6. The highest BCUT2D eigenvalue weighted by atomic mass is 32.2. The molecule has 2 aromatic carbocycles. The number of morpholine rings is 1. The number of ether oxygens (including phenoxy) is 1. The van der Waals surface area contributed by atoms with Crippen molar-refractivity contribution in [3.63, 3.8) is 0 Å². The molecule has 2 fully saturated rings. The fourth-order valence-electron chi connectivity index (χ4n) is 4.29. The van der Waals surface area contributed by atoms with Crippen LogP contribution in [0.25, 0.3) is 0 Å². The number of carbonyl (C=O) groups excluding carboxylic acids is 2. The van der Waals surface area contributed by atoms with Gasteiger partial charge in [0.05, 0.1) is 23.7 Å². The van der Waals surface area contributed by atoms with Crippen molar-refractivity contribution in [3.05, 3.63) is 65.2 Å². The van der Waals surface area contributed by atoms with Gasteiger partial charge >= 0.3 is 6.18 Å². The zero-order valence-corrected chi connectivity index (χ0v) is 20.1. The Bertz CT molecular complexity index is 1210. The summed E-state index contributed by atoms with van der Waals surface area (Å²) >= 11 is 0. The fourth-order valence-corrected chi connectivity index (χ4v) is 5.75. The van der Waals surface area contributed by atoms with Gasteiger partial charge in [-0.05, 0) is 48.7 Å². The Morgan fingerprint density at radius 3 is 2.39 bits per heavy atom. The Labute approximate surface area is 207 Å². The second-order valence-electron chi connectivity index (χ2n) is 8.61. The highest BCUT2D eigenvalue weighted by molar-refractivity contribution is 7.89. The van der Waals surface area contributed by atoms with Crippen LogP contribution in [-0.2, 0) is 32.3 Å². The maximum absolute atomic E-state index is 13.2. The first-order chi connectivity index (χ1) is 17.1. The van der Waals surface area contributed by atoms with Crippen LogP contribution in [0.4, 0.5) is 13.2 Å². The number of nitrogens with one attached hydrogen (secondary N) is 1. The Balaban J connectivity index is 1.43. The van der Waals surface area contributed by atoms with Gasteiger partial charge in [0.15, 0.2) is 0 Å². The van der Waals surface area contributed by atoms with Crippen molar-refractivity contribution in [1.29, 1.82) is 0 Å². The second-order valence-corrected chi connectivity index (χ2v) is 10.6. The quantitative estimate of drug-likeness (QED) is 0.626. The average Bonchev–Trinajstić information content (AvgIpc) is 3.37. The predicted octanol–water partition coefficient (Wildman–Crippen LogP) is 2.65. The van der Waals surface area contributed by atoms with E-state index in [2.05, 4.69) is 5.32 Å². The van der Waals surface area contributed by atoms with Gasteiger partial charge in [-0.15, -0.1) is 0 Å². The lowest BCUT2D eigenvalue weighted by atomic mass is 10.1. The number of sulfonamides is 1. The minimum Gasteiger partial charge on any atom is -0.379 e. The Kier molecular flexibility index (Phi) is 7.67. The molecule has 0 bridgehead atoms. The average molecular weight is 526 g/mol. The lowest BCUT2D eigenvalue weighted by molar-refractivity contribution is -0.137. The van der Waals surface area contributed by atoms with Crippen LogP contribution in [0.1, 0.15) is 34.3 Å². The van der Waals surface area contributed by atoms with Crippen LogP contribution in [0.2, 0.25) is 0 Å². The summed E-state index contributed by atoms with van der Waals surface area (Å²) in [5, 5.41) is 2.69. The number of alkyl halides is 3. The molecular weight excluding hydrogens is 499 g/mol. The van der Waals surface area contributed by atoms with Gasteiger partial charge in [0.2, 0.25) is 15.9 Å². The molecule has 1 atom stereocenters. The molecule has 2 aromatic rings. The number of nitrogens with zero attached hydrogens (tertiary/aromatic N) is 2. The van der Waals surface area contributed by atoms with E-state index in [1.54, 1.807) is 0 Å². The van der Waals surface area contributed by atoms with E-state index < -0.39 is 39.6 Å². The lowest BCUT2D eigenvalue weighted by Gasteiger charge is -2.27.